The van der Waals surface area contributed by atoms with Crippen molar-refractivity contribution in [3.8, 4) is 5.75 Å². The molecule has 2 rings (SSSR count). The third-order valence-electron chi connectivity index (χ3n) is 3.41. The van der Waals surface area contributed by atoms with Crippen molar-refractivity contribution in [2.45, 2.75) is 26.3 Å². The van der Waals surface area contributed by atoms with Gasteiger partial charge in [-0.15, -0.1) is 0 Å². The van der Waals surface area contributed by atoms with Gasteiger partial charge in [-0.3, -0.25) is 0 Å². The molecule has 0 aromatic heterocycles. The fourth-order valence-corrected chi connectivity index (χ4v) is 2.65. The van der Waals surface area contributed by atoms with Crippen molar-refractivity contribution in [2.24, 2.45) is 0 Å². The second kappa shape index (κ2) is 8.26. The molecule has 6 nitrogen and oxygen atoms in total. The lowest BCUT2D eigenvalue weighted by Gasteiger charge is -2.28. The van der Waals surface area contributed by atoms with Crippen LogP contribution in [-0.4, -0.2) is 31.3 Å². The molecule has 2 N–H and O–H groups in total. The van der Waals surface area contributed by atoms with Crippen LogP contribution in [0.15, 0.2) is 29.5 Å². The molecule has 130 valence electrons. The number of hydrogen-bond acceptors (Lipinski definition) is 4. The number of nitrogens with one attached hydrogen (secondary N) is 2. The summed E-state index contributed by atoms with van der Waals surface area (Å²) in [5.41, 5.74) is 0.692. The summed E-state index contributed by atoms with van der Waals surface area (Å²) in [6.07, 6.45) is 0.545. The van der Waals surface area contributed by atoms with Gasteiger partial charge < -0.3 is 20.1 Å². The van der Waals surface area contributed by atoms with Gasteiger partial charge in [-0.1, -0.05) is 30.1 Å². The van der Waals surface area contributed by atoms with Crippen LogP contribution in [-0.2, 0) is 9.53 Å². The summed E-state index contributed by atoms with van der Waals surface area (Å²) in [6, 6.07) is 3.97. The molecule has 1 atom stereocenters. The quantitative estimate of drug-likeness (QED) is 0.751. The van der Waals surface area contributed by atoms with E-state index < -0.39 is 18.0 Å². The molecule has 2 amide bonds. The Morgan fingerprint density at radius 2 is 2.04 bits per heavy atom. The van der Waals surface area contributed by atoms with E-state index in [-0.39, 0.29) is 13.2 Å². The molecule has 0 saturated carbocycles. The predicted octanol–water partition coefficient (Wildman–Crippen LogP) is 3.28. The molecule has 0 spiro atoms. The number of rotatable bonds is 6. The molecule has 1 aromatic rings. The Morgan fingerprint density at radius 3 is 2.71 bits per heavy atom. The molecule has 0 bridgehead atoms. The molecule has 0 aliphatic carbocycles. The van der Waals surface area contributed by atoms with Gasteiger partial charge in [-0.2, -0.15) is 0 Å². The summed E-state index contributed by atoms with van der Waals surface area (Å²) in [5.74, 6) is -0.131. The average Bonchev–Trinajstić information content (AvgIpc) is 2.55. The zero-order valence-corrected chi connectivity index (χ0v) is 14.8. The second-order valence-corrected chi connectivity index (χ2v) is 5.88. The molecular weight excluding hydrogens is 355 g/mol. The van der Waals surface area contributed by atoms with Gasteiger partial charge in [0, 0.05) is 11.1 Å². The minimum Gasteiger partial charge on any atom is -0.486 e. The number of carbonyl (C=O) groups excluding carboxylic acids is 2. The van der Waals surface area contributed by atoms with E-state index in [9.17, 15) is 9.59 Å². The summed E-state index contributed by atoms with van der Waals surface area (Å²) in [7, 11) is 0. The number of esters is 1. The van der Waals surface area contributed by atoms with Crippen LogP contribution in [0, 0.1) is 0 Å². The van der Waals surface area contributed by atoms with Crippen molar-refractivity contribution >= 4 is 35.2 Å². The Labute approximate surface area is 150 Å². The van der Waals surface area contributed by atoms with E-state index >= 15 is 0 Å². The van der Waals surface area contributed by atoms with E-state index in [2.05, 4.69) is 10.6 Å². The molecule has 0 unspecified atom stereocenters. The maximum Gasteiger partial charge on any atom is 0.338 e. The van der Waals surface area contributed by atoms with Crippen LogP contribution >= 0.6 is 23.2 Å². The monoisotopic (exact) mass is 372 g/mol. The summed E-state index contributed by atoms with van der Waals surface area (Å²) in [5, 5.41) is 6.14. The predicted molar refractivity (Wildman–Crippen MR) is 91.4 cm³/mol. The normalized spacial score (nSPS) is 17.2. The first-order valence-electron chi connectivity index (χ1n) is 7.51. The van der Waals surface area contributed by atoms with Gasteiger partial charge in [-0.25, -0.2) is 9.59 Å². The van der Waals surface area contributed by atoms with Crippen molar-refractivity contribution in [1.29, 1.82) is 0 Å². The Kier molecular flexibility index (Phi) is 6.34. The van der Waals surface area contributed by atoms with Crippen LogP contribution in [0.3, 0.4) is 0 Å². The standard InChI is InChI=1S/C16H18Cl2N2O4/c1-3-11-14(15(21)23-4-2)12(20-16(22)19-11)8-24-13-7-9(17)5-6-10(13)18/h5-7,11H,3-4,8H2,1-2H3,(H2,19,20,22)/t11-/m0/s1. The number of urea groups is 1. The molecular formula is C16H18Cl2N2O4. The van der Waals surface area contributed by atoms with E-state index in [1.54, 1.807) is 25.1 Å². The Morgan fingerprint density at radius 1 is 1.29 bits per heavy atom. The van der Waals surface area contributed by atoms with Crippen molar-refractivity contribution in [1.82, 2.24) is 10.6 Å². The maximum absolute atomic E-state index is 12.2. The SMILES string of the molecule is CCOC(=O)C1=C(COc2cc(Cl)ccc2Cl)NC(=O)N[C@H]1CC. The third kappa shape index (κ3) is 4.33. The smallest absolute Gasteiger partial charge is 0.338 e. The van der Waals surface area contributed by atoms with Crippen LogP contribution in [0.5, 0.6) is 5.75 Å². The van der Waals surface area contributed by atoms with Crippen LogP contribution < -0.4 is 15.4 Å². The first-order valence-corrected chi connectivity index (χ1v) is 8.27. The summed E-state index contributed by atoms with van der Waals surface area (Å²) >= 11 is 12.0. The Hall–Kier alpha value is -1.92. The number of ether oxygens (including phenoxy) is 2. The summed E-state index contributed by atoms with van der Waals surface area (Å²) in [6.45, 7) is 3.77. The topological polar surface area (TPSA) is 76.7 Å². The largest absolute Gasteiger partial charge is 0.486 e. The highest BCUT2D eigenvalue weighted by Crippen LogP contribution is 2.28. The first kappa shape index (κ1) is 18.4. The van der Waals surface area contributed by atoms with Crippen LogP contribution in [0.2, 0.25) is 10.0 Å². The van der Waals surface area contributed by atoms with Gasteiger partial charge in [0.1, 0.15) is 12.4 Å². The van der Waals surface area contributed by atoms with Gasteiger partial charge in [0.2, 0.25) is 0 Å². The van der Waals surface area contributed by atoms with Crippen molar-refractivity contribution in [3.05, 3.63) is 39.5 Å². The number of benzene rings is 1. The zero-order valence-electron chi connectivity index (χ0n) is 13.3. The van der Waals surface area contributed by atoms with E-state index in [4.69, 9.17) is 32.7 Å². The fourth-order valence-electron chi connectivity index (χ4n) is 2.31. The summed E-state index contributed by atoms with van der Waals surface area (Å²) < 4.78 is 10.7. The molecule has 0 saturated heterocycles. The van der Waals surface area contributed by atoms with Crippen LogP contribution in [0.25, 0.3) is 0 Å². The van der Waals surface area contributed by atoms with Gasteiger partial charge >= 0.3 is 12.0 Å². The van der Waals surface area contributed by atoms with E-state index in [0.29, 0.717) is 33.5 Å². The minimum absolute atomic E-state index is 0.0435. The lowest BCUT2D eigenvalue weighted by Crippen LogP contribution is -2.51. The third-order valence-corrected chi connectivity index (χ3v) is 3.96. The number of hydrogen-bond donors (Lipinski definition) is 2. The highest BCUT2D eigenvalue weighted by molar-refractivity contribution is 6.34. The van der Waals surface area contributed by atoms with Gasteiger partial charge in [0.15, 0.2) is 0 Å². The van der Waals surface area contributed by atoms with Crippen molar-refractivity contribution < 1.29 is 19.1 Å². The lowest BCUT2D eigenvalue weighted by atomic mass is 10.0. The van der Waals surface area contributed by atoms with Gasteiger partial charge in [0.25, 0.3) is 0 Å². The van der Waals surface area contributed by atoms with Crippen LogP contribution in [0.1, 0.15) is 20.3 Å². The molecule has 0 fully saturated rings. The molecule has 1 aliphatic heterocycles. The fraction of sp³-hybridized carbons (Fsp3) is 0.375. The average molecular weight is 373 g/mol. The van der Waals surface area contributed by atoms with E-state index in [0.717, 1.165) is 0 Å². The highest BCUT2D eigenvalue weighted by atomic mass is 35.5. The second-order valence-electron chi connectivity index (χ2n) is 5.04. The first-order chi connectivity index (χ1) is 11.5. The molecule has 8 heteroatoms. The molecule has 0 radical (unpaired) electrons. The number of halogens is 2. The Bertz CT molecular complexity index is 676. The maximum atomic E-state index is 12.2. The number of amides is 2. The Balaban J connectivity index is 2.28. The van der Waals surface area contributed by atoms with Gasteiger partial charge in [-0.05, 0) is 25.5 Å². The highest BCUT2D eigenvalue weighted by Gasteiger charge is 2.31. The van der Waals surface area contributed by atoms with E-state index in [1.165, 1.54) is 0 Å². The summed E-state index contributed by atoms with van der Waals surface area (Å²) in [4.78, 5) is 24.0. The molecule has 1 aromatic carbocycles. The van der Waals surface area contributed by atoms with Crippen LogP contribution in [0.4, 0.5) is 4.79 Å². The van der Waals surface area contributed by atoms with Gasteiger partial charge in [0.05, 0.1) is 28.9 Å². The number of carbonyl (C=O) groups is 2. The van der Waals surface area contributed by atoms with Crippen molar-refractivity contribution in [2.75, 3.05) is 13.2 Å². The molecule has 24 heavy (non-hydrogen) atoms. The lowest BCUT2D eigenvalue weighted by molar-refractivity contribution is -0.139. The molecule has 1 heterocycles. The molecule has 1 aliphatic rings. The van der Waals surface area contributed by atoms with E-state index in [1.807, 2.05) is 6.92 Å². The zero-order chi connectivity index (χ0) is 17.7. The van der Waals surface area contributed by atoms with Crippen molar-refractivity contribution in [3.63, 3.8) is 0 Å². The minimum atomic E-state index is -0.493.